The number of quaternary nitrogens is 1. The molecule has 4 N–H and O–H groups in total. The smallest absolute Gasteiger partial charge is 0.359 e. The third-order valence-corrected chi connectivity index (χ3v) is 9.01. The molecule has 1 aliphatic heterocycles. The third-order valence-electron chi connectivity index (χ3n) is 8.26. The number of nitrogens with zero attached hydrogens (tertiary/aromatic N) is 8. The molecule has 1 atom stereocenters. The Morgan fingerprint density at radius 1 is 1.20 bits per heavy atom. The van der Waals surface area contributed by atoms with E-state index in [2.05, 4.69) is 57.0 Å². The number of nitrogens with one attached hydrogen (secondary N) is 3. The largest absolute Gasteiger partial charge is 0.477 e. The van der Waals surface area contributed by atoms with Crippen molar-refractivity contribution < 1.29 is 24.0 Å². The molecule has 17 heteroatoms. The molecule has 49 heavy (non-hydrogen) atoms. The first-order valence-electron chi connectivity index (χ1n) is 16.0. The van der Waals surface area contributed by atoms with E-state index in [1.807, 2.05) is 24.4 Å². The van der Waals surface area contributed by atoms with Gasteiger partial charge in [-0.3, -0.25) is 24.1 Å². The topological polar surface area (TPSA) is 200 Å². The predicted molar refractivity (Wildman–Crippen MR) is 185 cm³/mol. The molecular weight excluding hydrogens is 650 g/mol. The van der Waals surface area contributed by atoms with E-state index in [1.54, 1.807) is 24.3 Å². The first-order valence-corrected chi connectivity index (χ1v) is 16.9. The number of carbonyl (C=O) groups is 3. The van der Waals surface area contributed by atoms with Crippen molar-refractivity contribution in [2.75, 3.05) is 57.0 Å². The van der Waals surface area contributed by atoms with Crippen LogP contribution in [-0.2, 0) is 15.0 Å². The second-order valence-corrected chi connectivity index (χ2v) is 14.7. The number of amides is 2. The van der Waals surface area contributed by atoms with E-state index >= 15 is 0 Å². The van der Waals surface area contributed by atoms with E-state index < -0.39 is 5.97 Å². The molecule has 4 aromatic heterocycles. The van der Waals surface area contributed by atoms with Gasteiger partial charge in [0.2, 0.25) is 5.91 Å². The summed E-state index contributed by atoms with van der Waals surface area (Å²) in [6.45, 7) is 8.07. The lowest BCUT2D eigenvalue weighted by Gasteiger charge is -2.34. The number of aliphatic carboxylic acids is 1. The molecule has 5 rings (SSSR count). The lowest BCUT2D eigenvalue weighted by Crippen LogP contribution is -2.48. The Kier molecular flexibility index (Phi) is 10.5. The van der Waals surface area contributed by atoms with Gasteiger partial charge >= 0.3 is 5.97 Å². The fourth-order valence-electron chi connectivity index (χ4n) is 5.61. The standard InChI is InChI=1S/C32H41N11O5S/c1-32(2,3)23-19-49-31(34-23)36-29(47)21-10-13-42-25(16-21)35-28(22(30(42)48)8-9-24-37-39-40-38-24)41-12-6-7-20(17-41)15-26(44)33-11-14-43(4,5)18-27(45)46/h8-10,13,16,19-20H,6-7,11-12,14-15,17-18H2,1-5H3,(H3-,33,34,36,37,38,39,40,44,45,46,47)/p+1/t20-/m0/s1. The maximum absolute atomic E-state index is 13.9. The average molecular weight is 693 g/mol. The molecule has 16 nitrogen and oxygen atoms in total. The molecule has 5 heterocycles. The Morgan fingerprint density at radius 2 is 2.00 bits per heavy atom. The van der Waals surface area contributed by atoms with Gasteiger partial charge in [-0.25, -0.2) is 14.8 Å². The summed E-state index contributed by atoms with van der Waals surface area (Å²) in [6, 6.07) is 3.14. The highest BCUT2D eigenvalue weighted by Gasteiger charge is 2.27. The van der Waals surface area contributed by atoms with Crippen LogP contribution in [0.25, 0.3) is 17.8 Å². The van der Waals surface area contributed by atoms with Crippen LogP contribution >= 0.6 is 11.3 Å². The Bertz CT molecular complexity index is 1910. The SMILES string of the molecule is CC(C)(C)c1csc(NC(=O)c2ccn3c(=O)c(/C=C/c4nn[nH]n4)c(N4CCC[C@@H](CC(=O)NCC[N+](C)(C)CC(=O)O)C4)nc3c2)n1. The summed E-state index contributed by atoms with van der Waals surface area (Å²) in [5.41, 5.74) is 1.29. The van der Waals surface area contributed by atoms with Crippen molar-refractivity contribution in [1.82, 2.24) is 40.3 Å². The van der Waals surface area contributed by atoms with E-state index in [-0.39, 0.29) is 52.0 Å². The van der Waals surface area contributed by atoms with Crippen LogP contribution in [0.15, 0.2) is 28.5 Å². The summed E-state index contributed by atoms with van der Waals surface area (Å²) in [5.74, 6) is -0.665. The van der Waals surface area contributed by atoms with Gasteiger partial charge in [-0.05, 0) is 48.3 Å². The second kappa shape index (κ2) is 14.6. The molecule has 2 amide bonds. The normalized spacial score (nSPS) is 15.5. The Labute approximate surface area is 286 Å². The highest BCUT2D eigenvalue weighted by atomic mass is 32.1. The molecule has 260 valence electrons. The zero-order valence-electron chi connectivity index (χ0n) is 28.3. The Balaban J connectivity index is 1.38. The number of carboxylic acid groups (broad SMARTS) is 1. The highest BCUT2D eigenvalue weighted by Crippen LogP contribution is 2.28. The summed E-state index contributed by atoms with van der Waals surface area (Å²) in [5, 5.41) is 31.1. The number of hydrogen-bond donors (Lipinski definition) is 4. The fourth-order valence-corrected chi connectivity index (χ4v) is 6.54. The predicted octanol–water partition coefficient (Wildman–Crippen LogP) is 2.27. The molecule has 0 spiro atoms. The summed E-state index contributed by atoms with van der Waals surface area (Å²) in [7, 11) is 3.62. The molecule has 0 aromatic carbocycles. The van der Waals surface area contributed by atoms with Crippen molar-refractivity contribution in [1.29, 1.82) is 0 Å². The van der Waals surface area contributed by atoms with Crippen molar-refractivity contribution in [2.45, 2.75) is 45.4 Å². The molecule has 1 aliphatic rings. The maximum Gasteiger partial charge on any atom is 0.359 e. The van der Waals surface area contributed by atoms with Crippen LogP contribution in [0.5, 0.6) is 0 Å². The number of thiazole rings is 1. The third kappa shape index (κ3) is 9.11. The number of fused-ring (bicyclic) bond motifs is 1. The maximum atomic E-state index is 13.9. The summed E-state index contributed by atoms with van der Waals surface area (Å²) >= 11 is 1.35. The number of carbonyl (C=O) groups excluding carboxylic acids is 2. The number of rotatable bonds is 12. The van der Waals surface area contributed by atoms with Gasteiger partial charge in [-0.15, -0.1) is 21.5 Å². The molecule has 4 aromatic rings. The number of aromatic amines is 1. The molecule has 0 unspecified atom stereocenters. The number of hydrogen-bond acceptors (Lipinski definition) is 11. The fraction of sp³-hybridized carbons (Fsp3) is 0.469. The Hall–Kier alpha value is -5.03. The average Bonchev–Trinajstić information content (AvgIpc) is 3.72. The zero-order chi connectivity index (χ0) is 35.3. The van der Waals surface area contributed by atoms with Gasteiger partial charge in [0.25, 0.3) is 11.5 Å². The minimum atomic E-state index is -0.892. The Morgan fingerprint density at radius 3 is 2.69 bits per heavy atom. The van der Waals surface area contributed by atoms with E-state index in [9.17, 15) is 19.2 Å². The summed E-state index contributed by atoms with van der Waals surface area (Å²) in [6.07, 6.45) is 6.58. The number of anilines is 2. The highest BCUT2D eigenvalue weighted by molar-refractivity contribution is 7.14. The number of piperidine rings is 1. The van der Waals surface area contributed by atoms with Crippen molar-refractivity contribution >= 4 is 57.9 Å². The lowest BCUT2D eigenvalue weighted by molar-refractivity contribution is -0.881. The summed E-state index contributed by atoms with van der Waals surface area (Å²) < 4.78 is 1.64. The van der Waals surface area contributed by atoms with E-state index in [4.69, 9.17) is 10.1 Å². The second-order valence-electron chi connectivity index (χ2n) is 13.9. The van der Waals surface area contributed by atoms with Crippen LogP contribution in [0.1, 0.15) is 67.5 Å². The number of likely N-dealkylation sites (N-methyl/N-ethyl adjacent to an activating group) is 1. The molecule has 1 saturated heterocycles. The number of tetrazole rings is 1. The lowest BCUT2D eigenvalue weighted by atomic mass is 9.93. The number of carboxylic acids is 1. The quantitative estimate of drug-likeness (QED) is 0.159. The first-order chi connectivity index (χ1) is 23.2. The van der Waals surface area contributed by atoms with Crippen LogP contribution in [0.2, 0.25) is 0 Å². The van der Waals surface area contributed by atoms with Gasteiger partial charge in [0.1, 0.15) is 11.5 Å². The van der Waals surface area contributed by atoms with Crippen molar-refractivity contribution in [3.63, 3.8) is 0 Å². The van der Waals surface area contributed by atoms with E-state index in [0.717, 1.165) is 18.5 Å². The van der Waals surface area contributed by atoms with Crippen LogP contribution in [0, 0.1) is 5.92 Å². The number of H-pyrrole nitrogens is 1. The van der Waals surface area contributed by atoms with Gasteiger partial charge in [0.05, 0.1) is 38.4 Å². The van der Waals surface area contributed by atoms with Crippen LogP contribution in [-0.4, -0.2) is 109 Å². The number of pyridine rings is 1. The molecule has 0 radical (unpaired) electrons. The van der Waals surface area contributed by atoms with E-state index in [0.29, 0.717) is 53.9 Å². The van der Waals surface area contributed by atoms with Crippen LogP contribution < -0.4 is 21.1 Å². The monoisotopic (exact) mass is 692 g/mol. The first kappa shape index (κ1) is 35.3. The van der Waals surface area contributed by atoms with Gasteiger partial charge in [-0.2, -0.15) is 5.21 Å². The molecule has 0 aliphatic carbocycles. The number of aromatic nitrogens is 7. The van der Waals surface area contributed by atoms with Gasteiger partial charge in [-0.1, -0.05) is 20.8 Å². The molecule has 1 fully saturated rings. The van der Waals surface area contributed by atoms with Gasteiger partial charge in [0.15, 0.2) is 17.5 Å². The van der Waals surface area contributed by atoms with Crippen LogP contribution in [0.3, 0.4) is 0 Å². The van der Waals surface area contributed by atoms with Crippen molar-refractivity contribution in [3.8, 4) is 0 Å². The van der Waals surface area contributed by atoms with Crippen molar-refractivity contribution in [3.05, 3.63) is 56.7 Å². The minimum Gasteiger partial charge on any atom is -0.477 e. The van der Waals surface area contributed by atoms with Gasteiger partial charge < -0.3 is 19.8 Å². The van der Waals surface area contributed by atoms with Gasteiger partial charge in [0, 0.05) is 42.1 Å². The minimum absolute atomic E-state index is 0.00189. The molecular formula is C32H42N11O5S+. The molecule has 0 saturated carbocycles. The summed E-state index contributed by atoms with van der Waals surface area (Å²) in [4.78, 5) is 62.6. The van der Waals surface area contributed by atoms with Crippen molar-refractivity contribution in [2.24, 2.45) is 5.92 Å². The zero-order valence-corrected chi connectivity index (χ0v) is 29.1. The molecule has 0 bridgehead atoms. The van der Waals surface area contributed by atoms with Crippen LogP contribution in [0.4, 0.5) is 10.9 Å². The van der Waals surface area contributed by atoms with E-state index in [1.165, 1.54) is 21.9 Å².